The van der Waals surface area contributed by atoms with E-state index >= 15 is 0 Å². The van der Waals surface area contributed by atoms with Gasteiger partial charge in [0.05, 0.1) is 6.20 Å². The Morgan fingerprint density at radius 1 is 1.28 bits per heavy atom. The van der Waals surface area contributed by atoms with Crippen LogP contribution in [0.3, 0.4) is 0 Å². The second-order valence-electron chi connectivity index (χ2n) is 4.25. The summed E-state index contributed by atoms with van der Waals surface area (Å²) in [4.78, 5) is 8.37. The molecule has 1 fully saturated rings. The molecule has 18 heavy (non-hydrogen) atoms. The zero-order valence-corrected chi connectivity index (χ0v) is 9.86. The number of aromatic nitrogens is 4. The third kappa shape index (κ3) is 2.06. The Labute approximate surface area is 104 Å². The van der Waals surface area contributed by atoms with E-state index in [-0.39, 0.29) is 12.0 Å². The minimum absolute atomic E-state index is 0.0631. The summed E-state index contributed by atoms with van der Waals surface area (Å²) in [5.74, 6) is 0.806. The predicted molar refractivity (Wildman–Crippen MR) is 63.8 cm³/mol. The Morgan fingerprint density at radius 2 is 2.22 bits per heavy atom. The van der Waals surface area contributed by atoms with Gasteiger partial charge in [0.15, 0.2) is 12.1 Å². The van der Waals surface area contributed by atoms with E-state index < -0.39 is 0 Å². The van der Waals surface area contributed by atoms with Crippen LogP contribution >= 0.6 is 0 Å². The molecule has 0 aliphatic carbocycles. The van der Waals surface area contributed by atoms with E-state index in [0.717, 1.165) is 25.9 Å². The molecule has 0 saturated carbocycles. The van der Waals surface area contributed by atoms with Gasteiger partial charge in [-0.2, -0.15) is 5.10 Å². The van der Waals surface area contributed by atoms with Gasteiger partial charge in [-0.1, -0.05) is 0 Å². The summed E-state index contributed by atoms with van der Waals surface area (Å²) < 4.78 is 7.45. The minimum Gasteiger partial charge on any atom is -0.506 e. The van der Waals surface area contributed by atoms with Crippen LogP contribution in [0.1, 0.15) is 25.5 Å². The van der Waals surface area contributed by atoms with Crippen molar-refractivity contribution in [3.8, 4) is 17.3 Å². The average Bonchev–Trinajstić information content (AvgIpc) is 2.90. The number of ether oxygens (including phenoxy) is 1. The molecule has 2 aromatic heterocycles. The number of hydrogen-bond acceptors (Lipinski definition) is 5. The largest absolute Gasteiger partial charge is 0.506 e. The molecule has 94 valence electrons. The van der Waals surface area contributed by atoms with E-state index in [1.807, 2.05) is 0 Å². The second kappa shape index (κ2) is 4.73. The van der Waals surface area contributed by atoms with Crippen LogP contribution in [0.2, 0.25) is 0 Å². The summed E-state index contributed by atoms with van der Waals surface area (Å²) in [6.45, 7) is 0.757. The van der Waals surface area contributed by atoms with Crippen molar-refractivity contribution >= 4 is 0 Å². The van der Waals surface area contributed by atoms with Gasteiger partial charge in [0.1, 0.15) is 17.8 Å². The summed E-state index contributed by atoms with van der Waals surface area (Å²) >= 11 is 0. The highest BCUT2D eigenvalue weighted by molar-refractivity contribution is 5.49. The van der Waals surface area contributed by atoms with Gasteiger partial charge >= 0.3 is 0 Å². The monoisotopic (exact) mass is 246 g/mol. The molecule has 0 bridgehead atoms. The molecule has 0 amide bonds. The van der Waals surface area contributed by atoms with Gasteiger partial charge in [-0.25, -0.2) is 14.6 Å². The van der Waals surface area contributed by atoms with E-state index in [0.29, 0.717) is 11.5 Å². The fourth-order valence-electron chi connectivity index (χ4n) is 2.08. The molecule has 3 rings (SSSR count). The van der Waals surface area contributed by atoms with E-state index in [1.165, 1.54) is 12.5 Å². The van der Waals surface area contributed by atoms with E-state index in [2.05, 4.69) is 15.1 Å². The highest BCUT2D eigenvalue weighted by Crippen LogP contribution is 2.26. The smallest absolute Gasteiger partial charge is 0.179 e. The number of hydrogen-bond donors (Lipinski definition) is 1. The Bertz CT molecular complexity index is 517. The molecular weight excluding hydrogens is 232 g/mol. The van der Waals surface area contributed by atoms with Gasteiger partial charge in [0.2, 0.25) is 0 Å². The Morgan fingerprint density at radius 3 is 2.94 bits per heavy atom. The first-order valence-corrected chi connectivity index (χ1v) is 6.01. The highest BCUT2D eigenvalue weighted by Gasteiger charge is 2.20. The van der Waals surface area contributed by atoms with Crippen LogP contribution in [0.5, 0.6) is 5.75 Å². The van der Waals surface area contributed by atoms with E-state index in [1.54, 1.807) is 16.8 Å². The fourth-order valence-corrected chi connectivity index (χ4v) is 2.08. The molecule has 1 N–H and O–H groups in total. The Kier molecular flexibility index (Phi) is 2.93. The van der Waals surface area contributed by atoms with Crippen molar-refractivity contribution in [2.45, 2.75) is 25.5 Å². The van der Waals surface area contributed by atoms with Crippen LogP contribution in [0, 0.1) is 0 Å². The second-order valence-corrected chi connectivity index (χ2v) is 4.25. The first kappa shape index (κ1) is 11.2. The van der Waals surface area contributed by atoms with Gasteiger partial charge in [-0.3, -0.25) is 0 Å². The first-order chi connectivity index (χ1) is 8.84. The van der Waals surface area contributed by atoms with Crippen LogP contribution in [0.25, 0.3) is 11.5 Å². The molecule has 0 radical (unpaired) electrons. The molecule has 1 atom stereocenters. The maximum Gasteiger partial charge on any atom is 0.179 e. The summed E-state index contributed by atoms with van der Waals surface area (Å²) in [5.41, 5.74) is 0.680. The summed E-state index contributed by atoms with van der Waals surface area (Å²) in [6, 6.07) is 3.31. The third-order valence-electron chi connectivity index (χ3n) is 2.98. The molecule has 1 saturated heterocycles. The van der Waals surface area contributed by atoms with Crippen LogP contribution < -0.4 is 0 Å². The van der Waals surface area contributed by atoms with Gasteiger partial charge < -0.3 is 9.84 Å². The van der Waals surface area contributed by atoms with Crippen molar-refractivity contribution in [3.05, 3.63) is 24.7 Å². The van der Waals surface area contributed by atoms with Gasteiger partial charge in [0.25, 0.3) is 0 Å². The Balaban J connectivity index is 1.93. The van der Waals surface area contributed by atoms with E-state index in [4.69, 9.17) is 4.74 Å². The molecule has 2 aromatic rings. The molecule has 1 aliphatic heterocycles. The van der Waals surface area contributed by atoms with Crippen molar-refractivity contribution in [1.29, 1.82) is 0 Å². The maximum atomic E-state index is 9.24. The summed E-state index contributed by atoms with van der Waals surface area (Å²) in [7, 11) is 0. The topological polar surface area (TPSA) is 73.1 Å². The van der Waals surface area contributed by atoms with Crippen LogP contribution in [-0.2, 0) is 4.74 Å². The SMILES string of the molecule is Oc1ccc(-c2ncnn2C2CCCCO2)nc1. The van der Waals surface area contributed by atoms with Crippen LogP contribution in [-0.4, -0.2) is 31.5 Å². The number of rotatable bonds is 2. The van der Waals surface area contributed by atoms with Gasteiger partial charge in [0, 0.05) is 6.61 Å². The molecule has 0 aromatic carbocycles. The van der Waals surface area contributed by atoms with Gasteiger partial charge in [-0.15, -0.1) is 0 Å². The van der Waals surface area contributed by atoms with Crippen LogP contribution in [0.15, 0.2) is 24.7 Å². The number of nitrogens with zero attached hydrogens (tertiary/aromatic N) is 4. The zero-order valence-electron chi connectivity index (χ0n) is 9.86. The lowest BCUT2D eigenvalue weighted by Gasteiger charge is -2.23. The van der Waals surface area contributed by atoms with Crippen LogP contribution in [0.4, 0.5) is 0 Å². The Hall–Kier alpha value is -1.95. The summed E-state index contributed by atoms with van der Waals surface area (Å²) in [6.07, 6.45) is 6.00. The first-order valence-electron chi connectivity index (χ1n) is 6.01. The molecule has 1 aliphatic rings. The number of pyridine rings is 1. The van der Waals surface area contributed by atoms with Crippen molar-refractivity contribution in [1.82, 2.24) is 19.7 Å². The molecule has 1 unspecified atom stereocenters. The normalized spacial score (nSPS) is 19.9. The highest BCUT2D eigenvalue weighted by atomic mass is 16.5. The van der Waals surface area contributed by atoms with Crippen molar-refractivity contribution in [2.75, 3.05) is 6.61 Å². The standard InChI is InChI=1S/C12H14N4O2/c17-9-4-5-10(13-7-9)12-14-8-15-16(12)11-3-1-2-6-18-11/h4-5,7-8,11,17H,1-3,6H2. The lowest BCUT2D eigenvalue weighted by molar-refractivity contribution is -0.0385. The zero-order chi connectivity index (χ0) is 12.4. The lowest BCUT2D eigenvalue weighted by Crippen LogP contribution is -2.20. The average molecular weight is 246 g/mol. The fraction of sp³-hybridized carbons (Fsp3) is 0.417. The predicted octanol–water partition coefficient (Wildman–Crippen LogP) is 1.74. The quantitative estimate of drug-likeness (QED) is 0.873. The lowest BCUT2D eigenvalue weighted by atomic mass is 10.2. The van der Waals surface area contributed by atoms with Crippen molar-refractivity contribution in [2.24, 2.45) is 0 Å². The van der Waals surface area contributed by atoms with E-state index in [9.17, 15) is 5.11 Å². The number of aromatic hydroxyl groups is 1. The van der Waals surface area contributed by atoms with Gasteiger partial charge in [-0.05, 0) is 31.4 Å². The van der Waals surface area contributed by atoms with Crippen molar-refractivity contribution < 1.29 is 9.84 Å². The van der Waals surface area contributed by atoms with Crippen molar-refractivity contribution in [3.63, 3.8) is 0 Å². The molecule has 6 heteroatoms. The molecule has 3 heterocycles. The summed E-state index contributed by atoms with van der Waals surface area (Å²) in [5, 5.41) is 13.5. The minimum atomic E-state index is -0.0631. The third-order valence-corrected chi connectivity index (χ3v) is 2.98. The molecule has 6 nitrogen and oxygen atoms in total. The molecular formula is C12H14N4O2. The molecule has 0 spiro atoms. The maximum absolute atomic E-state index is 9.24.